The Morgan fingerprint density at radius 2 is 2.22 bits per heavy atom. The highest BCUT2D eigenvalue weighted by atomic mass is 79.9. The lowest BCUT2D eigenvalue weighted by atomic mass is 10.2. The van der Waals surface area contributed by atoms with Gasteiger partial charge in [-0.3, -0.25) is 0 Å². The van der Waals surface area contributed by atoms with Crippen LogP contribution in [-0.4, -0.2) is 9.97 Å². The summed E-state index contributed by atoms with van der Waals surface area (Å²) in [6.07, 6.45) is 1.41. The van der Waals surface area contributed by atoms with Crippen LogP contribution in [0.15, 0.2) is 28.9 Å². The van der Waals surface area contributed by atoms with E-state index in [2.05, 4.69) is 37.3 Å². The lowest BCUT2D eigenvalue weighted by Gasteiger charge is -2.09. The molecule has 0 unspecified atom stereocenters. The lowest BCUT2D eigenvalue weighted by Crippen LogP contribution is -2.02. The quantitative estimate of drug-likeness (QED) is 0.829. The second-order valence-electron chi connectivity index (χ2n) is 3.37. The maximum atomic E-state index is 9.04. The van der Waals surface area contributed by atoms with Crippen LogP contribution < -0.4 is 11.1 Å². The van der Waals surface area contributed by atoms with Crippen molar-refractivity contribution in [1.82, 2.24) is 9.97 Å². The van der Waals surface area contributed by atoms with Crippen LogP contribution >= 0.6 is 27.5 Å². The largest absolute Gasteiger partial charge is 0.394 e. The Hall–Kier alpha value is -1.84. The monoisotopic (exact) mass is 323 g/mol. The second-order valence-corrected chi connectivity index (χ2v) is 4.62. The molecule has 0 fully saturated rings. The van der Waals surface area contributed by atoms with Crippen molar-refractivity contribution < 1.29 is 0 Å². The second kappa shape index (κ2) is 5.21. The molecule has 1 heterocycles. The van der Waals surface area contributed by atoms with Crippen LogP contribution in [-0.2, 0) is 0 Å². The first-order valence-corrected chi connectivity index (χ1v) is 6.02. The molecule has 0 amide bonds. The number of benzene rings is 1. The summed E-state index contributed by atoms with van der Waals surface area (Å²) >= 11 is 8.99. The molecule has 1 aromatic heterocycles. The van der Waals surface area contributed by atoms with Crippen molar-refractivity contribution in [3.8, 4) is 6.07 Å². The fraction of sp³-hybridized carbons (Fsp3) is 0. The minimum Gasteiger partial charge on any atom is -0.394 e. The van der Waals surface area contributed by atoms with Gasteiger partial charge >= 0.3 is 0 Å². The van der Waals surface area contributed by atoms with Gasteiger partial charge < -0.3 is 11.1 Å². The molecule has 0 bridgehead atoms. The minimum atomic E-state index is 0.0855. The summed E-state index contributed by atoms with van der Waals surface area (Å²) in [5.74, 6) is 0.369. The summed E-state index contributed by atoms with van der Waals surface area (Å²) in [6, 6.07) is 7.33. The summed E-state index contributed by atoms with van der Waals surface area (Å²) in [7, 11) is 0. The highest BCUT2D eigenvalue weighted by Gasteiger charge is 2.07. The van der Waals surface area contributed by atoms with E-state index in [0.717, 1.165) is 4.47 Å². The first-order valence-electron chi connectivity index (χ1n) is 4.85. The lowest BCUT2D eigenvalue weighted by molar-refractivity contribution is 1.17. The Kier molecular flexibility index (Phi) is 3.65. The molecule has 0 spiro atoms. The SMILES string of the molecule is N#Cc1cc(Br)ccc1Nc1nc(Cl)ncc1N. The third kappa shape index (κ3) is 2.70. The molecule has 0 radical (unpaired) electrons. The molecule has 0 aliphatic rings. The molecule has 0 aliphatic heterocycles. The predicted octanol–water partition coefficient (Wildman–Crippen LogP) is 3.09. The van der Waals surface area contributed by atoms with Crippen LogP contribution in [0.3, 0.4) is 0 Å². The summed E-state index contributed by atoms with van der Waals surface area (Å²) < 4.78 is 0.818. The molecule has 5 nitrogen and oxygen atoms in total. The van der Waals surface area contributed by atoms with Gasteiger partial charge in [0.15, 0.2) is 5.82 Å². The number of hydrogen-bond donors (Lipinski definition) is 2. The van der Waals surface area contributed by atoms with Crippen LogP contribution in [0.4, 0.5) is 17.2 Å². The standard InChI is InChI=1S/C11H7BrClN5/c12-7-1-2-9(6(3-7)4-14)17-10-8(15)5-16-11(13)18-10/h1-3,5H,15H2,(H,16,17,18). The summed E-state index contributed by atoms with van der Waals surface area (Å²) in [4.78, 5) is 7.72. The van der Waals surface area contributed by atoms with E-state index >= 15 is 0 Å². The van der Waals surface area contributed by atoms with Crippen molar-refractivity contribution in [2.75, 3.05) is 11.1 Å². The molecule has 1 aromatic carbocycles. The average Bonchev–Trinajstić information content (AvgIpc) is 2.36. The number of rotatable bonds is 2. The number of nitrogens with two attached hydrogens (primary N) is 1. The third-order valence-corrected chi connectivity index (χ3v) is 2.82. The van der Waals surface area contributed by atoms with Crippen LogP contribution in [0.25, 0.3) is 0 Å². The highest BCUT2D eigenvalue weighted by molar-refractivity contribution is 9.10. The number of nitrogens with one attached hydrogen (secondary N) is 1. The average molecular weight is 325 g/mol. The normalized spacial score (nSPS) is 9.83. The van der Waals surface area contributed by atoms with E-state index in [-0.39, 0.29) is 5.28 Å². The number of halogens is 2. The van der Waals surface area contributed by atoms with Gasteiger partial charge in [0, 0.05) is 4.47 Å². The Balaban J connectivity index is 2.40. The zero-order chi connectivity index (χ0) is 13.1. The molecule has 0 saturated heterocycles. The van der Waals surface area contributed by atoms with Gasteiger partial charge in [-0.25, -0.2) is 4.98 Å². The van der Waals surface area contributed by atoms with Crippen molar-refractivity contribution >= 4 is 44.7 Å². The van der Waals surface area contributed by atoms with Crippen molar-refractivity contribution in [2.45, 2.75) is 0 Å². The number of nitrogen functional groups attached to an aromatic ring is 1. The van der Waals surface area contributed by atoms with Crippen LogP contribution in [0.1, 0.15) is 5.56 Å². The van der Waals surface area contributed by atoms with Crippen LogP contribution in [0.2, 0.25) is 5.28 Å². The summed E-state index contributed by atoms with van der Waals surface area (Å²) in [6.45, 7) is 0. The fourth-order valence-corrected chi connectivity index (χ4v) is 1.81. The van der Waals surface area contributed by atoms with Gasteiger partial charge in [0.1, 0.15) is 6.07 Å². The number of aromatic nitrogens is 2. The molecule has 90 valence electrons. The van der Waals surface area contributed by atoms with E-state index < -0.39 is 0 Å². The molecular formula is C11H7BrClN5. The molecule has 18 heavy (non-hydrogen) atoms. The van der Waals surface area contributed by atoms with Crippen LogP contribution in [0, 0.1) is 11.3 Å². The maximum absolute atomic E-state index is 9.04. The van der Waals surface area contributed by atoms with Crippen molar-refractivity contribution in [3.05, 3.63) is 39.7 Å². The van der Waals surface area contributed by atoms with Gasteiger partial charge in [-0.15, -0.1) is 0 Å². The van der Waals surface area contributed by atoms with Gasteiger partial charge in [-0.1, -0.05) is 15.9 Å². The Morgan fingerprint density at radius 1 is 1.44 bits per heavy atom. The molecule has 2 aromatic rings. The van der Waals surface area contributed by atoms with Gasteiger partial charge in [-0.05, 0) is 29.8 Å². The third-order valence-electron chi connectivity index (χ3n) is 2.14. The highest BCUT2D eigenvalue weighted by Crippen LogP contribution is 2.26. The number of nitriles is 1. The molecule has 0 atom stereocenters. The van der Waals surface area contributed by atoms with Gasteiger partial charge in [0.25, 0.3) is 0 Å². The minimum absolute atomic E-state index is 0.0855. The number of nitrogens with zero attached hydrogens (tertiary/aromatic N) is 3. The summed E-state index contributed by atoms with van der Waals surface area (Å²) in [5, 5.41) is 12.1. The first kappa shape index (κ1) is 12.6. The van der Waals surface area contributed by atoms with Gasteiger partial charge in [0.2, 0.25) is 5.28 Å². The molecule has 0 saturated carbocycles. The Labute approximate surface area is 117 Å². The predicted molar refractivity (Wildman–Crippen MR) is 73.6 cm³/mol. The number of anilines is 3. The molecule has 7 heteroatoms. The Morgan fingerprint density at radius 3 is 2.94 bits per heavy atom. The van der Waals surface area contributed by atoms with Crippen LogP contribution in [0.5, 0.6) is 0 Å². The van der Waals surface area contributed by atoms with Crippen molar-refractivity contribution in [1.29, 1.82) is 5.26 Å². The maximum Gasteiger partial charge on any atom is 0.224 e. The topological polar surface area (TPSA) is 87.6 Å². The van der Waals surface area contributed by atoms with E-state index in [9.17, 15) is 0 Å². The Bertz CT molecular complexity index is 638. The molecule has 2 rings (SSSR count). The van der Waals surface area contributed by atoms with Gasteiger partial charge in [-0.2, -0.15) is 10.2 Å². The van der Waals surface area contributed by atoms with Crippen molar-refractivity contribution in [3.63, 3.8) is 0 Å². The molecule has 0 aliphatic carbocycles. The molecule has 3 N–H and O–H groups in total. The zero-order valence-electron chi connectivity index (χ0n) is 8.98. The van der Waals surface area contributed by atoms with Crippen molar-refractivity contribution in [2.24, 2.45) is 0 Å². The smallest absolute Gasteiger partial charge is 0.224 e. The van der Waals surface area contributed by atoms with E-state index in [1.165, 1.54) is 6.20 Å². The van der Waals surface area contributed by atoms with E-state index in [4.69, 9.17) is 22.6 Å². The zero-order valence-corrected chi connectivity index (χ0v) is 11.3. The summed E-state index contributed by atoms with van der Waals surface area (Å²) in [5.41, 5.74) is 7.14. The first-order chi connectivity index (χ1) is 8.60. The van der Waals surface area contributed by atoms with Gasteiger partial charge in [0.05, 0.1) is 23.1 Å². The van der Waals surface area contributed by atoms with E-state index in [1.54, 1.807) is 12.1 Å². The fourth-order valence-electron chi connectivity index (χ4n) is 1.32. The number of hydrogen-bond acceptors (Lipinski definition) is 5. The van der Waals surface area contributed by atoms with E-state index in [0.29, 0.717) is 22.8 Å². The molecular weight excluding hydrogens is 318 g/mol. The van der Waals surface area contributed by atoms with E-state index in [1.807, 2.05) is 6.07 Å².